The zero-order valence-corrected chi connectivity index (χ0v) is 9.70. The summed E-state index contributed by atoms with van der Waals surface area (Å²) in [5, 5.41) is 0. The number of carbonyl (C=O) groups is 2. The molecule has 0 saturated carbocycles. The molecule has 0 N–H and O–H groups in total. The summed E-state index contributed by atoms with van der Waals surface area (Å²) in [6.07, 6.45) is 1.29. The summed E-state index contributed by atoms with van der Waals surface area (Å²) >= 11 is 0. The van der Waals surface area contributed by atoms with Crippen molar-refractivity contribution >= 4 is 11.9 Å². The van der Waals surface area contributed by atoms with E-state index in [1.807, 2.05) is 13.8 Å². The van der Waals surface area contributed by atoms with Crippen LogP contribution in [0.2, 0.25) is 0 Å². The predicted octanol–water partition coefficient (Wildman–Crippen LogP) is 2.04. The van der Waals surface area contributed by atoms with Gasteiger partial charge >= 0.3 is 11.9 Å². The highest BCUT2D eigenvalue weighted by atomic mass is 16.7. The molecule has 0 spiro atoms. The van der Waals surface area contributed by atoms with E-state index < -0.39 is 18.2 Å². The molecule has 0 atom stereocenters. The van der Waals surface area contributed by atoms with Crippen LogP contribution in [0.15, 0.2) is 12.7 Å². The Kier molecular flexibility index (Phi) is 5.05. The quantitative estimate of drug-likeness (QED) is 0.399. The molecule has 0 fully saturated rings. The third-order valence-electron chi connectivity index (χ3n) is 1.84. The Morgan fingerprint density at radius 1 is 1.27 bits per heavy atom. The standard InChI is InChI=1S/C11H18O4/c1-6-11(4,5)7-10(14-8(2)12)15-9(3)13/h6,10H,1,7H2,2-5H3. The fourth-order valence-corrected chi connectivity index (χ4v) is 0.990. The lowest BCUT2D eigenvalue weighted by Crippen LogP contribution is -2.27. The monoisotopic (exact) mass is 214 g/mol. The average molecular weight is 214 g/mol. The van der Waals surface area contributed by atoms with Crippen molar-refractivity contribution in [2.24, 2.45) is 5.41 Å². The molecule has 0 heterocycles. The molecule has 0 saturated heterocycles. The molecule has 0 aromatic carbocycles. The molecule has 0 aliphatic carbocycles. The van der Waals surface area contributed by atoms with Crippen molar-refractivity contribution in [2.45, 2.75) is 40.4 Å². The van der Waals surface area contributed by atoms with E-state index in [1.54, 1.807) is 6.08 Å². The summed E-state index contributed by atoms with van der Waals surface area (Å²) < 4.78 is 9.74. The molecule has 0 rings (SSSR count). The Morgan fingerprint density at radius 3 is 1.93 bits per heavy atom. The van der Waals surface area contributed by atoms with E-state index in [1.165, 1.54) is 13.8 Å². The lowest BCUT2D eigenvalue weighted by Gasteiger charge is -2.25. The van der Waals surface area contributed by atoms with Gasteiger partial charge in [-0.1, -0.05) is 19.9 Å². The van der Waals surface area contributed by atoms with Crippen LogP contribution in [-0.2, 0) is 19.1 Å². The summed E-state index contributed by atoms with van der Waals surface area (Å²) in [6, 6.07) is 0. The lowest BCUT2D eigenvalue weighted by atomic mass is 9.89. The topological polar surface area (TPSA) is 52.6 Å². The molecule has 0 aromatic rings. The number of hydrogen-bond acceptors (Lipinski definition) is 4. The first-order valence-corrected chi connectivity index (χ1v) is 4.75. The molecule has 0 bridgehead atoms. The summed E-state index contributed by atoms with van der Waals surface area (Å²) in [4.78, 5) is 21.5. The van der Waals surface area contributed by atoms with Crippen molar-refractivity contribution in [3.63, 3.8) is 0 Å². The lowest BCUT2D eigenvalue weighted by molar-refractivity contribution is -0.188. The van der Waals surface area contributed by atoms with Crippen LogP contribution in [0, 0.1) is 5.41 Å². The van der Waals surface area contributed by atoms with Gasteiger partial charge in [-0.15, -0.1) is 6.58 Å². The van der Waals surface area contributed by atoms with Crippen molar-refractivity contribution in [3.05, 3.63) is 12.7 Å². The van der Waals surface area contributed by atoms with Crippen molar-refractivity contribution in [1.82, 2.24) is 0 Å². The van der Waals surface area contributed by atoms with Gasteiger partial charge in [0.05, 0.1) is 0 Å². The maximum Gasteiger partial charge on any atom is 0.305 e. The highest BCUT2D eigenvalue weighted by Gasteiger charge is 2.24. The molecule has 0 amide bonds. The molecule has 4 heteroatoms. The summed E-state index contributed by atoms with van der Waals surface area (Å²) in [5.41, 5.74) is -0.254. The third-order valence-corrected chi connectivity index (χ3v) is 1.84. The predicted molar refractivity (Wildman–Crippen MR) is 55.9 cm³/mol. The molecule has 86 valence electrons. The first-order chi connectivity index (χ1) is 6.76. The minimum atomic E-state index is -0.840. The number of ether oxygens (including phenoxy) is 2. The molecular formula is C11H18O4. The van der Waals surface area contributed by atoms with E-state index in [0.717, 1.165) is 0 Å². The highest BCUT2D eigenvalue weighted by molar-refractivity contribution is 5.68. The molecule has 0 aliphatic rings. The molecular weight excluding hydrogens is 196 g/mol. The van der Waals surface area contributed by atoms with E-state index >= 15 is 0 Å². The van der Waals surface area contributed by atoms with Crippen LogP contribution in [-0.4, -0.2) is 18.2 Å². The van der Waals surface area contributed by atoms with Gasteiger partial charge in [-0.05, 0) is 5.41 Å². The number of esters is 2. The third kappa shape index (κ3) is 6.71. The minimum Gasteiger partial charge on any atom is -0.425 e. The Bertz CT molecular complexity index is 239. The van der Waals surface area contributed by atoms with Crippen LogP contribution in [0.4, 0.5) is 0 Å². The van der Waals surface area contributed by atoms with Gasteiger partial charge in [0.15, 0.2) is 0 Å². The second-order valence-electron chi connectivity index (χ2n) is 4.05. The average Bonchev–Trinajstić information content (AvgIpc) is 2.00. The van der Waals surface area contributed by atoms with E-state index in [2.05, 4.69) is 6.58 Å². The SMILES string of the molecule is C=CC(C)(C)CC(OC(C)=O)OC(C)=O. The molecule has 0 radical (unpaired) electrons. The van der Waals surface area contributed by atoms with Crippen molar-refractivity contribution < 1.29 is 19.1 Å². The highest BCUT2D eigenvalue weighted by Crippen LogP contribution is 2.25. The second kappa shape index (κ2) is 5.53. The van der Waals surface area contributed by atoms with Gasteiger partial charge in [-0.2, -0.15) is 0 Å². The van der Waals surface area contributed by atoms with Crippen LogP contribution in [0.3, 0.4) is 0 Å². The van der Waals surface area contributed by atoms with Gasteiger partial charge in [-0.25, -0.2) is 0 Å². The van der Waals surface area contributed by atoms with Gasteiger partial charge in [0.1, 0.15) is 0 Å². The Morgan fingerprint density at radius 2 is 1.67 bits per heavy atom. The van der Waals surface area contributed by atoms with Crippen LogP contribution in [0.5, 0.6) is 0 Å². The summed E-state index contributed by atoms with van der Waals surface area (Å²) in [5.74, 6) is -0.942. The fraction of sp³-hybridized carbons (Fsp3) is 0.636. The largest absolute Gasteiger partial charge is 0.425 e. The van der Waals surface area contributed by atoms with E-state index in [9.17, 15) is 9.59 Å². The Hall–Kier alpha value is -1.32. The summed E-state index contributed by atoms with van der Waals surface area (Å²) in [7, 11) is 0. The van der Waals surface area contributed by atoms with Crippen LogP contribution >= 0.6 is 0 Å². The van der Waals surface area contributed by atoms with Gasteiger partial charge in [0, 0.05) is 20.3 Å². The van der Waals surface area contributed by atoms with Crippen molar-refractivity contribution in [2.75, 3.05) is 0 Å². The molecule has 0 aliphatic heterocycles. The first-order valence-electron chi connectivity index (χ1n) is 4.75. The van der Waals surface area contributed by atoms with Crippen LogP contribution in [0.1, 0.15) is 34.1 Å². The molecule has 4 nitrogen and oxygen atoms in total. The molecule has 0 unspecified atom stereocenters. The second-order valence-corrected chi connectivity index (χ2v) is 4.05. The zero-order chi connectivity index (χ0) is 12.1. The minimum absolute atomic E-state index is 0.254. The zero-order valence-electron chi connectivity index (χ0n) is 9.70. The maximum atomic E-state index is 10.8. The van der Waals surface area contributed by atoms with Gasteiger partial charge < -0.3 is 9.47 Å². The number of carbonyl (C=O) groups excluding carboxylic acids is 2. The van der Waals surface area contributed by atoms with E-state index in [-0.39, 0.29) is 5.41 Å². The molecule has 0 aromatic heterocycles. The maximum absolute atomic E-state index is 10.8. The van der Waals surface area contributed by atoms with Gasteiger partial charge in [-0.3, -0.25) is 9.59 Å². The van der Waals surface area contributed by atoms with Crippen LogP contribution < -0.4 is 0 Å². The van der Waals surface area contributed by atoms with E-state index in [0.29, 0.717) is 6.42 Å². The fourth-order valence-electron chi connectivity index (χ4n) is 0.990. The van der Waals surface area contributed by atoms with Gasteiger partial charge in [0.2, 0.25) is 6.29 Å². The van der Waals surface area contributed by atoms with Gasteiger partial charge in [0.25, 0.3) is 0 Å². The first kappa shape index (κ1) is 13.7. The normalized spacial score (nSPS) is 11.0. The number of allylic oxidation sites excluding steroid dienone is 1. The van der Waals surface area contributed by atoms with Crippen molar-refractivity contribution in [3.8, 4) is 0 Å². The number of rotatable bonds is 5. The number of hydrogen-bond donors (Lipinski definition) is 0. The molecule has 15 heavy (non-hydrogen) atoms. The van der Waals surface area contributed by atoms with Crippen molar-refractivity contribution in [1.29, 1.82) is 0 Å². The summed E-state index contributed by atoms with van der Waals surface area (Å²) in [6.45, 7) is 10.0. The van der Waals surface area contributed by atoms with E-state index in [4.69, 9.17) is 9.47 Å². The smallest absolute Gasteiger partial charge is 0.305 e. The Labute approximate surface area is 90.2 Å². The Balaban J connectivity index is 4.42. The van der Waals surface area contributed by atoms with Crippen LogP contribution in [0.25, 0.3) is 0 Å².